The Balaban J connectivity index is 1.50. The van der Waals surface area contributed by atoms with Crippen LogP contribution in [0.2, 0.25) is 0 Å². The van der Waals surface area contributed by atoms with Crippen LogP contribution in [0.1, 0.15) is 25.3 Å². The second-order valence-electron chi connectivity index (χ2n) is 7.36. The van der Waals surface area contributed by atoms with Crippen molar-refractivity contribution in [2.75, 3.05) is 26.9 Å². The third kappa shape index (κ3) is 3.28. The number of benzene rings is 1. The molecule has 26 heavy (non-hydrogen) atoms. The molecule has 138 valence electrons. The maximum absolute atomic E-state index is 13.0. The van der Waals surface area contributed by atoms with Gasteiger partial charge in [-0.1, -0.05) is 18.2 Å². The Morgan fingerprint density at radius 3 is 2.65 bits per heavy atom. The Labute approximate surface area is 154 Å². The molecule has 2 fully saturated rings. The molecule has 3 heterocycles. The Hall–Kier alpha value is -2.14. The Morgan fingerprint density at radius 2 is 1.96 bits per heavy atom. The van der Waals surface area contributed by atoms with Crippen LogP contribution in [0, 0.1) is 5.92 Å². The van der Waals surface area contributed by atoms with Crippen molar-refractivity contribution in [3.63, 3.8) is 0 Å². The molecule has 0 spiro atoms. The molecule has 0 N–H and O–H groups in total. The SMILES string of the molecule is COc1ccc(CC2=CC3C(=O)N(C4CCOCC4)CC3N=C2C)cc1. The van der Waals surface area contributed by atoms with Gasteiger partial charge in [0.25, 0.3) is 0 Å². The molecule has 2 atom stereocenters. The largest absolute Gasteiger partial charge is 0.497 e. The number of likely N-dealkylation sites (tertiary alicyclic amines) is 1. The van der Waals surface area contributed by atoms with Crippen LogP contribution in [-0.2, 0) is 16.0 Å². The van der Waals surface area contributed by atoms with E-state index in [9.17, 15) is 4.79 Å². The average Bonchev–Trinajstić information content (AvgIpc) is 2.99. The average molecular weight is 354 g/mol. The minimum Gasteiger partial charge on any atom is -0.497 e. The number of rotatable bonds is 4. The first-order chi connectivity index (χ1) is 12.7. The first kappa shape index (κ1) is 17.3. The molecule has 2 saturated heterocycles. The quantitative estimate of drug-likeness (QED) is 0.835. The molecule has 3 aliphatic heterocycles. The number of carbonyl (C=O) groups excluding carboxylic acids is 1. The van der Waals surface area contributed by atoms with Gasteiger partial charge in [0.05, 0.1) is 19.1 Å². The summed E-state index contributed by atoms with van der Waals surface area (Å²) in [5.74, 6) is 0.995. The van der Waals surface area contributed by atoms with E-state index in [0.29, 0.717) is 6.04 Å². The maximum atomic E-state index is 13.0. The van der Waals surface area contributed by atoms with Gasteiger partial charge < -0.3 is 14.4 Å². The van der Waals surface area contributed by atoms with Crippen molar-refractivity contribution < 1.29 is 14.3 Å². The molecule has 1 aromatic carbocycles. The van der Waals surface area contributed by atoms with Crippen LogP contribution in [-0.4, -0.2) is 55.5 Å². The van der Waals surface area contributed by atoms with Gasteiger partial charge in [-0.15, -0.1) is 0 Å². The predicted molar refractivity (Wildman–Crippen MR) is 101 cm³/mol. The number of nitrogens with zero attached hydrogens (tertiary/aromatic N) is 2. The summed E-state index contributed by atoms with van der Waals surface area (Å²) in [7, 11) is 1.67. The molecule has 5 nitrogen and oxygen atoms in total. The summed E-state index contributed by atoms with van der Waals surface area (Å²) in [5.41, 5.74) is 3.43. The zero-order valence-electron chi connectivity index (χ0n) is 15.5. The monoisotopic (exact) mass is 354 g/mol. The second-order valence-corrected chi connectivity index (χ2v) is 7.36. The lowest BCUT2D eigenvalue weighted by Gasteiger charge is -2.31. The van der Waals surface area contributed by atoms with Crippen molar-refractivity contribution in [2.45, 2.75) is 38.3 Å². The summed E-state index contributed by atoms with van der Waals surface area (Å²) in [6.07, 6.45) is 4.85. The van der Waals surface area contributed by atoms with Crippen molar-refractivity contribution in [2.24, 2.45) is 10.9 Å². The normalized spacial score (nSPS) is 26.4. The minimum atomic E-state index is -0.102. The lowest BCUT2D eigenvalue weighted by molar-refractivity contribution is -0.133. The van der Waals surface area contributed by atoms with Crippen LogP contribution in [0.25, 0.3) is 0 Å². The van der Waals surface area contributed by atoms with Gasteiger partial charge in [-0.05, 0) is 49.5 Å². The minimum absolute atomic E-state index is 0.0740. The lowest BCUT2D eigenvalue weighted by atomic mass is 9.91. The number of hydrogen-bond acceptors (Lipinski definition) is 4. The number of methoxy groups -OCH3 is 1. The fourth-order valence-electron chi connectivity index (χ4n) is 4.21. The number of dihydropyridines is 1. The molecule has 1 aromatic rings. The second kappa shape index (κ2) is 7.23. The van der Waals surface area contributed by atoms with Gasteiger partial charge in [0.1, 0.15) is 5.75 Å². The summed E-state index contributed by atoms with van der Waals surface area (Å²) in [6.45, 7) is 4.32. The van der Waals surface area contributed by atoms with Crippen molar-refractivity contribution in [1.29, 1.82) is 0 Å². The van der Waals surface area contributed by atoms with Gasteiger partial charge in [0.2, 0.25) is 5.91 Å². The van der Waals surface area contributed by atoms with E-state index in [4.69, 9.17) is 14.5 Å². The number of carbonyl (C=O) groups is 1. The molecule has 4 rings (SSSR count). The molecule has 5 heteroatoms. The van der Waals surface area contributed by atoms with Crippen LogP contribution in [0.5, 0.6) is 5.75 Å². The predicted octanol–water partition coefficient (Wildman–Crippen LogP) is 2.64. The number of aliphatic imine (C=N–C) groups is 1. The summed E-state index contributed by atoms with van der Waals surface area (Å²) < 4.78 is 10.7. The zero-order valence-corrected chi connectivity index (χ0v) is 15.5. The molecule has 2 unspecified atom stereocenters. The summed E-state index contributed by atoms with van der Waals surface area (Å²) >= 11 is 0. The van der Waals surface area contributed by atoms with E-state index in [0.717, 1.165) is 50.5 Å². The van der Waals surface area contributed by atoms with Crippen molar-refractivity contribution >= 4 is 11.6 Å². The van der Waals surface area contributed by atoms with Gasteiger partial charge in [-0.3, -0.25) is 9.79 Å². The molecule has 0 bridgehead atoms. The van der Waals surface area contributed by atoms with Crippen molar-refractivity contribution in [3.8, 4) is 5.75 Å². The van der Waals surface area contributed by atoms with Gasteiger partial charge in [-0.2, -0.15) is 0 Å². The fourth-order valence-corrected chi connectivity index (χ4v) is 4.21. The summed E-state index contributed by atoms with van der Waals surface area (Å²) in [5, 5.41) is 0. The fraction of sp³-hybridized carbons (Fsp3) is 0.524. The smallest absolute Gasteiger partial charge is 0.232 e. The van der Waals surface area contributed by atoms with Gasteiger partial charge in [0.15, 0.2) is 0 Å². The topological polar surface area (TPSA) is 51.1 Å². The number of amides is 1. The van der Waals surface area contributed by atoms with Gasteiger partial charge >= 0.3 is 0 Å². The number of hydrogen-bond donors (Lipinski definition) is 0. The molecule has 0 aromatic heterocycles. The third-order valence-electron chi connectivity index (χ3n) is 5.76. The Morgan fingerprint density at radius 1 is 1.23 bits per heavy atom. The van der Waals surface area contributed by atoms with E-state index in [-0.39, 0.29) is 17.9 Å². The van der Waals surface area contributed by atoms with E-state index >= 15 is 0 Å². The standard InChI is InChI=1S/C21H26N2O3/c1-14-16(11-15-3-5-18(25-2)6-4-15)12-19-20(22-14)13-23(21(19)24)17-7-9-26-10-8-17/h3-6,12,17,19-20H,7-11,13H2,1-2H3. The number of fused-ring (bicyclic) bond motifs is 1. The molecular weight excluding hydrogens is 328 g/mol. The Bertz CT molecular complexity index is 732. The van der Waals surface area contributed by atoms with E-state index in [1.165, 1.54) is 11.1 Å². The van der Waals surface area contributed by atoms with Gasteiger partial charge in [0, 0.05) is 31.5 Å². The van der Waals surface area contributed by atoms with Crippen LogP contribution < -0.4 is 4.74 Å². The highest BCUT2D eigenvalue weighted by atomic mass is 16.5. The van der Waals surface area contributed by atoms with Crippen molar-refractivity contribution in [3.05, 3.63) is 41.5 Å². The first-order valence-electron chi connectivity index (χ1n) is 9.42. The molecule has 0 saturated carbocycles. The van der Waals surface area contributed by atoms with E-state index in [1.54, 1.807) is 7.11 Å². The van der Waals surface area contributed by atoms with E-state index in [2.05, 4.69) is 30.0 Å². The molecule has 0 radical (unpaired) electrons. The van der Waals surface area contributed by atoms with Crippen LogP contribution in [0.4, 0.5) is 0 Å². The van der Waals surface area contributed by atoms with E-state index < -0.39 is 0 Å². The lowest BCUT2D eigenvalue weighted by Crippen LogP contribution is -2.41. The molecule has 0 aliphatic carbocycles. The molecule has 1 amide bonds. The maximum Gasteiger partial charge on any atom is 0.232 e. The zero-order chi connectivity index (χ0) is 18.1. The third-order valence-corrected chi connectivity index (χ3v) is 5.76. The first-order valence-corrected chi connectivity index (χ1v) is 9.42. The summed E-state index contributed by atoms with van der Waals surface area (Å²) in [6, 6.07) is 8.48. The highest BCUT2D eigenvalue weighted by Crippen LogP contribution is 2.32. The highest BCUT2D eigenvalue weighted by Gasteiger charge is 2.43. The van der Waals surface area contributed by atoms with Gasteiger partial charge in [-0.25, -0.2) is 0 Å². The Kier molecular flexibility index (Phi) is 4.81. The van der Waals surface area contributed by atoms with E-state index in [1.807, 2.05) is 12.1 Å². The van der Waals surface area contributed by atoms with Crippen LogP contribution >= 0.6 is 0 Å². The number of ether oxygens (including phenoxy) is 2. The van der Waals surface area contributed by atoms with Crippen LogP contribution in [0.15, 0.2) is 40.9 Å². The van der Waals surface area contributed by atoms with Crippen LogP contribution in [0.3, 0.4) is 0 Å². The number of allylic oxidation sites excluding steroid dienone is 1. The highest BCUT2D eigenvalue weighted by molar-refractivity contribution is 6.01. The van der Waals surface area contributed by atoms with Crippen molar-refractivity contribution in [1.82, 2.24) is 4.90 Å². The molecular formula is C21H26N2O3. The molecule has 3 aliphatic rings. The summed E-state index contributed by atoms with van der Waals surface area (Å²) in [4.78, 5) is 19.9.